The van der Waals surface area contributed by atoms with Crippen LogP contribution in [0.2, 0.25) is 0 Å². The molecule has 1 rings (SSSR count). The number of nitrogens with one attached hydrogen (secondary N) is 1. The van der Waals surface area contributed by atoms with Crippen LogP contribution in [0.3, 0.4) is 0 Å². The molecule has 7 nitrogen and oxygen atoms in total. The number of halogens is 3. The second kappa shape index (κ2) is 7.25. The van der Waals surface area contributed by atoms with Crippen molar-refractivity contribution < 1.29 is 37.4 Å². The van der Waals surface area contributed by atoms with Crippen LogP contribution < -0.4 is 11.1 Å². The molecular formula is C11H17F3N2O5. The van der Waals surface area contributed by atoms with Crippen molar-refractivity contribution in [3.63, 3.8) is 0 Å². The third-order valence-electron chi connectivity index (χ3n) is 3.04. The fourth-order valence-corrected chi connectivity index (χ4v) is 1.66. The number of aliphatic carboxylic acids is 1. The van der Waals surface area contributed by atoms with Gasteiger partial charge < -0.3 is 20.9 Å². The Hall–Kier alpha value is -1.84. The van der Waals surface area contributed by atoms with Crippen LogP contribution in [0.4, 0.5) is 13.2 Å². The second-order valence-electron chi connectivity index (χ2n) is 4.45. The van der Waals surface area contributed by atoms with Crippen molar-refractivity contribution in [1.29, 1.82) is 0 Å². The van der Waals surface area contributed by atoms with Gasteiger partial charge in [-0.1, -0.05) is 6.92 Å². The summed E-state index contributed by atoms with van der Waals surface area (Å²) in [5.74, 6) is -4.00. The number of carboxylic acid groups (broad SMARTS) is 1. The molecule has 2 atom stereocenters. The molecule has 1 amide bonds. The maximum absolute atomic E-state index is 11.5. The van der Waals surface area contributed by atoms with Gasteiger partial charge in [-0.05, 0) is 12.8 Å². The molecule has 0 aromatic heterocycles. The van der Waals surface area contributed by atoms with Gasteiger partial charge >= 0.3 is 18.1 Å². The molecule has 21 heavy (non-hydrogen) atoms. The van der Waals surface area contributed by atoms with E-state index in [2.05, 4.69) is 10.1 Å². The van der Waals surface area contributed by atoms with Crippen LogP contribution in [0.25, 0.3) is 0 Å². The van der Waals surface area contributed by atoms with Gasteiger partial charge in [0.05, 0.1) is 13.0 Å². The lowest BCUT2D eigenvalue weighted by Crippen LogP contribution is -2.56. The molecule has 0 radical (unpaired) electrons. The molecule has 0 aromatic carbocycles. The van der Waals surface area contributed by atoms with Gasteiger partial charge in [-0.25, -0.2) is 4.79 Å². The normalized spacial score (nSPS) is 25.8. The van der Waals surface area contributed by atoms with E-state index in [1.807, 2.05) is 0 Å². The number of hydrogen-bond donors (Lipinski definition) is 3. The van der Waals surface area contributed by atoms with E-state index in [0.29, 0.717) is 19.4 Å². The lowest BCUT2D eigenvalue weighted by Gasteiger charge is -2.29. The highest BCUT2D eigenvalue weighted by atomic mass is 19.4. The van der Waals surface area contributed by atoms with E-state index in [1.54, 1.807) is 6.92 Å². The van der Waals surface area contributed by atoms with Crippen LogP contribution in [0.1, 0.15) is 19.8 Å². The molecule has 0 bridgehead atoms. The molecule has 0 saturated carbocycles. The van der Waals surface area contributed by atoms with Crippen molar-refractivity contribution in [2.45, 2.75) is 31.5 Å². The summed E-state index contributed by atoms with van der Waals surface area (Å²) >= 11 is 0. The van der Waals surface area contributed by atoms with Crippen molar-refractivity contribution in [2.24, 2.45) is 11.7 Å². The summed E-state index contributed by atoms with van der Waals surface area (Å²) in [7, 11) is 1.28. The minimum atomic E-state index is -5.08. The predicted octanol–water partition coefficient (Wildman–Crippen LogP) is 0.0363. The lowest BCUT2D eigenvalue weighted by molar-refractivity contribution is -0.192. The van der Waals surface area contributed by atoms with E-state index in [0.717, 1.165) is 0 Å². The van der Waals surface area contributed by atoms with E-state index in [1.165, 1.54) is 7.11 Å². The summed E-state index contributed by atoms with van der Waals surface area (Å²) in [6.07, 6.45) is -3.92. The number of carboxylic acids is 1. The van der Waals surface area contributed by atoms with Gasteiger partial charge in [0.2, 0.25) is 5.91 Å². The topological polar surface area (TPSA) is 119 Å². The Balaban J connectivity index is 0.000000486. The Labute approximate surface area is 118 Å². The van der Waals surface area contributed by atoms with Crippen LogP contribution in [0, 0.1) is 5.92 Å². The standard InChI is InChI=1S/C9H16N2O3.C2HF3O2/c1-6-7(12)11-5-3-4-9(6,10)8(13)14-2;3-2(4,5)1(6)7/h6H,3-5,10H2,1-2H3,(H,11,12);(H,6,7)/t6-,9+;/m1./s1. The Bertz CT molecular complexity index is 413. The lowest BCUT2D eigenvalue weighted by atomic mass is 9.82. The molecule has 0 unspecified atom stereocenters. The van der Waals surface area contributed by atoms with Gasteiger partial charge in [0.1, 0.15) is 5.54 Å². The number of hydrogen-bond acceptors (Lipinski definition) is 5. The van der Waals surface area contributed by atoms with Gasteiger partial charge in [-0.3, -0.25) is 9.59 Å². The molecule has 0 aromatic rings. The summed E-state index contributed by atoms with van der Waals surface area (Å²) in [5, 5.41) is 9.83. The fourth-order valence-electron chi connectivity index (χ4n) is 1.66. The van der Waals surface area contributed by atoms with Crippen molar-refractivity contribution in [3.05, 3.63) is 0 Å². The molecule has 10 heteroatoms. The maximum Gasteiger partial charge on any atom is 0.490 e. The molecule has 1 saturated heterocycles. The monoisotopic (exact) mass is 314 g/mol. The zero-order valence-electron chi connectivity index (χ0n) is 11.5. The van der Waals surface area contributed by atoms with E-state index < -0.39 is 29.6 Å². The molecule has 1 aliphatic rings. The Morgan fingerprint density at radius 3 is 2.33 bits per heavy atom. The smallest absolute Gasteiger partial charge is 0.475 e. The number of methoxy groups -OCH3 is 1. The number of ether oxygens (including phenoxy) is 1. The average molecular weight is 314 g/mol. The zero-order chi connectivity index (χ0) is 16.8. The summed E-state index contributed by atoms with van der Waals surface area (Å²) in [5.41, 5.74) is 4.74. The first-order valence-corrected chi connectivity index (χ1v) is 5.92. The first kappa shape index (κ1) is 19.2. The summed E-state index contributed by atoms with van der Waals surface area (Å²) in [4.78, 5) is 31.8. The fraction of sp³-hybridized carbons (Fsp3) is 0.727. The highest BCUT2D eigenvalue weighted by Crippen LogP contribution is 2.24. The molecule has 4 N–H and O–H groups in total. The predicted molar refractivity (Wildman–Crippen MR) is 64.0 cm³/mol. The third-order valence-corrected chi connectivity index (χ3v) is 3.04. The quantitative estimate of drug-likeness (QED) is 0.588. The summed E-state index contributed by atoms with van der Waals surface area (Å²) in [6, 6.07) is 0. The van der Waals surface area contributed by atoms with Crippen molar-refractivity contribution in [1.82, 2.24) is 5.32 Å². The van der Waals surface area contributed by atoms with Gasteiger partial charge in [0.25, 0.3) is 0 Å². The van der Waals surface area contributed by atoms with Crippen molar-refractivity contribution in [2.75, 3.05) is 13.7 Å². The number of alkyl halides is 3. The molecule has 1 heterocycles. The van der Waals surface area contributed by atoms with Crippen molar-refractivity contribution >= 4 is 17.8 Å². The average Bonchev–Trinajstić information content (AvgIpc) is 2.52. The van der Waals surface area contributed by atoms with E-state index >= 15 is 0 Å². The third kappa shape index (κ3) is 5.21. The van der Waals surface area contributed by atoms with Crippen LogP contribution in [-0.2, 0) is 19.1 Å². The van der Waals surface area contributed by atoms with Crippen LogP contribution in [0.5, 0.6) is 0 Å². The Morgan fingerprint density at radius 2 is 1.95 bits per heavy atom. The SMILES string of the molecule is COC(=O)[C@]1(N)CCCNC(=O)[C@H]1C.O=C(O)C(F)(F)F. The van der Waals surface area contributed by atoms with Gasteiger partial charge in [0.15, 0.2) is 0 Å². The Kier molecular flexibility index (Phi) is 6.61. The molecule has 1 fully saturated rings. The van der Waals surface area contributed by atoms with Gasteiger partial charge in [-0.2, -0.15) is 13.2 Å². The highest BCUT2D eigenvalue weighted by molar-refractivity contribution is 5.90. The van der Waals surface area contributed by atoms with E-state index in [9.17, 15) is 22.8 Å². The first-order valence-electron chi connectivity index (χ1n) is 5.92. The maximum atomic E-state index is 11.5. The molecule has 0 aliphatic carbocycles. The second-order valence-corrected chi connectivity index (χ2v) is 4.45. The zero-order valence-corrected chi connectivity index (χ0v) is 11.5. The van der Waals surface area contributed by atoms with Crippen LogP contribution in [-0.4, -0.2) is 48.3 Å². The summed E-state index contributed by atoms with van der Waals surface area (Å²) in [6.45, 7) is 2.22. The Morgan fingerprint density at radius 1 is 1.48 bits per heavy atom. The largest absolute Gasteiger partial charge is 0.490 e. The minimum absolute atomic E-state index is 0.185. The number of esters is 1. The molecule has 0 spiro atoms. The van der Waals surface area contributed by atoms with E-state index in [4.69, 9.17) is 15.6 Å². The number of amides is 1. The minimum Gasteiger partial charge on any atom is -0.475 e. The number of nitrogens with two attached hydrogens (primary N) is 1. The van der Waals surface area contributed by atoms with Crippen LogP contribution >= 0.6 is 0 Å². The molecule has 1 aliphatic heterocycles. The number of carbonyl (C=O) groups excluding carboxylic acids is 2. The van der Waals surface area contributed by atoms with Crippen molar-refractivity contribution in [3.8, 4) is 0 Å². The van der Waals surface area contributed by atoms with E-state index in [-0.39, 0.29) is 5.91 Å². The highest BCUT2D eigenvalue weighted by Gasteiger charge is 2.45. The van der Waals surface area contributed by atoms with Gasteiger partial charge in [-0.15, -0.1) is 0 Å². The van der Waals surface area contributed by atoms with Crippen LogP contribution in [0.15, 0.2) is 0 Å². The number of carbonyl (C=O) groups is 3. The molecular weight excluding hydrogens is 297 g/mol. The molecule has 122 valence electrons. The first-order chi connectivity index (χ1) is 9.46. The summed E-state index contributed by atoms with van der Waals surface area (Å²) < 4.78 is 36.4. The van der Waals surface area contributed by atoms with Gasteiger partial charge in [0, 0.05) is 6.54 Å². The number of rotatable bonds is 1.